The summed E-state index contributed by atoms with van der Waals surface area (Å²) in [7, 11) is 3.78. The maximum absolute atomic E-state index is 12.1. The van der Waals surface area contributed by atoms with Gasteiger partial charge < -0.3 is 4.90 Å². The molecule has 1 aromatic heterocycles. The minimum Gasteiger partial charge on any atom is -0.378 e. The summed E-state index contributed by atoms with van der Waals surface area (Å²) < 4.78 is 0.685. The Balaban J connectivity index is 2.01. The van der Waals surface area contributed by atoms with Crippen molar-refractivity contribution in [2.45, 2.75) is 0 Å². The first-order valence-electron chi connectivity index (χ1n) is 6.46. The highest BCUT2D eigenvalue weighted by Crippen LogP contribution is 2.13. The molecule has 2 N–H and O–H groups in total. The van der Waals surface area contributed by atoms with Gasteiger partial charge >= 0.3 is 0 Å². The van der Waals surface area contributed by atoms with Gasteiger partial charge in [-0.3, -0.25) is 25.4 Å². The fourth-order valence-corrected chi connectivity index (χ4v) is 2.08. The van der Waals surface area contributed by atoms with Gasteiger partial charge in [0.05, 0.1) is 5.56 Å². The average molecular weight is 363 g/mol. The number of hydrogen-bond acceptors (Lipinski definition) is 4. The number of hydrazine groups is 1. The van der Waals surface area contributed by atoms with E-state index in [1.807, 2.05) is 25.1 Å². The lowest BCUT2D eigenvalue weighted by Crippen LogP contribution is -2.41. The molecule has 0 spiro atoms. The van der Waals surface area contributed by atoms with E-state index in [9.17, 15) is 9.59 Å². The molecular formula is C15H15BrN4O2. The molecule has 114 valence electrons. The van der Waals surface area contributed by atoms with Crippen molar-refractivity contribution in [3.63, 3.8) is 0 Å². The summed E-state index contributed by atoms with van der Waals surface area (Å²) >= 11 is 3.23. The fourth-order valence-electron chi connectivity index (χ4n) is 1.72. The van der Waals surface area contributed by atoms with E-state index >= 15 is 0 Å². The van der Waals surface area contributed by atoms with E-state index in [1.165, 1.54) is 6.20 Å². The third kappa shape index (κ3) is 4.05. The number of benzene rings is 1. The predicted octanol–water partition coefficient (Wildman–Crippen LogP) is 1.98. The molecule has 0 saturated carbocycles. The van der Waals surface area contributed by atoms with Crippen LogP contribution in [0.4, 0.5) is 5.69 Å². The zero-order valence-corrected chi connectivity index (χ0v) is 13.7. The number of aromatic nitrogens is 1. The zero-order chi connectivity index (χ0) is 16.1. The maximum atomic E-state index is 12.1. The number of nitrogens with zero attached hydrogens (tertiary/aromatic N) is 2. The molecule has 1 heterocycles. The van der Waals surface area contributed by atoms with Crippen molar-refractivity contribution in [3.8, 4) is 0 Å². The topological polar surface area (TPSA) is 74.3 Å². The van der Waals surface area contributed by atoms with E-state index in [2.05, 4.69) is 31.8 Å². The van der Waals surface area contributed by atoms with Gasteiger partial charge in [-0.1, -0.05) is 6.07 Å². The lowest BCUT2D eigenvalue weighted by Gasteiger charge is -2.13. The van der Waals surface area contributed by atoms with Gasteiger partial charge in [0, 0.05) is 42.2 Å². The maximum Gasteiger partial charge on any atom is 0.271 e. The number of anilines is 1. The van der Waals surface area contributed by atoms with Gasteiger partial charge in [0.15, 0.2) is 0 Å². The molecule has 0 unspecified atom stereocenters. The number of carbonyl (C=O) groups is 2. The summed E-state index contributed by atoms with van der Waals surface area (Å²) in [5.41, 5.74) is 6.44. The number of carbonyl (C=O) groups excluding carboxylic acids is 2. The van der Waals surface area contributed by atoms with Crippen LogP contribution in [0, 0.1) is 0 Å². The molecule has 2 aromatic rings. The zero-order valence-electron chi connectivity index (χ0n) is 12.1. The molecule has 6 nitrogen and oxygen atoms in total. The van der Waals surface area contributed by atoms with Crippen LogP contribution in [0.15, 0.2) is 47.2 Å². The van der Waals surface area contributed by atoms with Gasteiger partial charge in [-0.05, 0) is 40.2 Å². The molecule has 0 aliphatic carbocycles. The Morgan fingerprint density at radius 2 is 1.73 bits per heavy atom. The first kappa shape index (κ1) is 16.0. The predicted molar refractivity (Wildman–Crippen MR) is 87.6 cm³/mol. The summed E-state index contributed by atoms with van der Waals surface area (Å²) in [5, 5.41) is 0. The smallest absolute Gasteiger partial charge is 0.271 e. The van der Waals surface area contributed by atoms with Crippen LogP contribution in [0.25, 0.3) is 0 Å². The van der Waals surface area contributed by atoms with Gasteiger partial charge in [-0.2, -0.15) is 0 Å². The van der Waals surface area contributed by atoms with Crippen LogP contribution in [0.3, 0.4) is 0 Å². The van der Waals surface area contributed by atoms with Crippen molar-refractivity contribution in [2.24, 2.45) is 0 Å². The molecule has 2 amide bonds. The van der Waals surface area contributed by atoms with Crippen LogP contribution in [0.1, 0.15) is 20.7 Å². The van der Waals surface area contributed by atoms with Gasteiger partial charge in [0.1, 0.15) is 0 Å². The average Bonchev–Trinajstić information content (AvgIpc) is 2.52. The molecule has 2 rings (SSSR count). The Bertz CT molecular complexity index is 703. The highest BCUT2D eigenvalue weighted by atomic mass is 79.9. The van der Waals surface area contributed by atoms with E-state index in [0.29, 0.717) is 15.6 Å². The minimum atomic E-state index is -0.439. The molecule has 7 heteroatoms. The van der Waals surface area contributed by atoms with Crippen LogP contribution in [-0.2, 0) is 0 Å². The van der Waals surface area contributed by atoms with Crippen molar-refractivity contribution < 1.29 is 9.59 Å². The summed E-state index contributed by atoms with van der Waals surface area (Å²) in [6.07, 6.45) is 2.99. The number of halogens is 1. The Morgan fingerprint density at radius 1 is 1.05 bits per heavy atom. The minimum absolute atomic E-state index is 0.344. The van der Waals surface area contributed by atoms with Crippen molar-refractivity contribution in [1.82, 2.24) is 15.8 Å². The van der Waals surface area contributed by atoms with Gasteiger partial charge in [0.25, 0.3) is 11.8 Å². The fraction of sp³-hybridized carbons (Fsp3) is 0.133. The first-order valence-corrected chi connectivity index (χ1v) is 7.25. The standard InChI is InChI=1S/C15H15BrN4O2/c1-20(2)13-5-3-4-10(7-13)14(21)18-19-15(22)11-6-12(16)9-17-8-11/h3-9H,1-2H3,(H,18,21)(H,19,22). The molecule has 0 radical (unpaired) electrons. The third-order valence-electron chi connectivity index (χ3n) is 2.88. The number of hydrogen-bond donors (Lipinski definition) is 2. The first-order chi connectivity index (χ1) is 10.5. The second-order valence-electron chi connectivity index (χ2n) is 4.74. The van der Waals surface area contributed by atoms with Crippen LogP contribution >= 0.6 is 15.9 Å². The highest BCUT2D eigenvalue weighted by Gasteiger charge is 2.10. The second kappa shape index (κ2) is 7.04. The van der Waals surface area contributed by atoms with Crippen LogP contribution in [0.5, 0.6) is 0 Å². The number of amides is 2. The van der Waals surface area contributed by atoms with E-state index in [0.717, 1.165) is 5.69 Å². The van der Waals surface area contributed by atoms with Gasteiger partial charge in [-0.25, -0.2) is 0 Å². The number of nitrogens with one attached hydrogen (secondary N) is 2. The van der Waals surface area contributed by atoms with Crippen molar-refractivity contribution in [2.75, 3.05) is 19.0 Å². The van der Waals surface area contributed by atoms with E-state index < -0.39 is 5.91 Å². The molecule has 0 fully saturated rings. The summed E-state index contributed by atoms with van der Waals surface area (Å²) in [5.74, 6) is -0.828. The van der Waals surface area contributed by atoms with Gasteiger partial charge in [0.2, 0.25) is 0 Å². The summed E-state index contributed by atoms with van der Waals surface area (Å²) in [6.45, 7) is 0. The molecule has 22 heavy (non-hydrogen) atoms. The lowest BCUT2D eigenvalue weighted by molar-refractivity contribution is 0.0846. The highest BCUT2D eigenvalue weighted by molar-refractivity contribution is 9.10. The monoisotopic (exact) mass is 362 g/mol. The SMILES string of the molecule is CN(C)c1cccc(C(=O)NNC(=O)c2cncc(Br)c2)c1. The summed E-state index contributed by atoms with van der Waals surface area (Å²) in [6, 6.07) is 8.70. The van der Waals surface area contributed by atoms with Crippen LogP contribution < -0.4 is 15.8 Å². The molecule has 1 aromatic carbocycles. The molecule has 0 saturated heterocycles. The normalized spacial score (nSPS) is 9.95. The lowest BCUT2D eigenvalue weighted by atomic mass is 10.2. The quantitative estimate of drug-likeness (QED) is 0.818. The Labute approximate surface area is 136 Å². The van der Waals surface area contributed by atoms with E-state index in [4.69, 9.17) is 0 Å². The van der Waals surface area contributed by atoms with E-state index in [-0.39, 0.29) is 5.91 Å². The number of rotatable bonds is 3. The van der Waals surface area contributed by atoms with Crippen molar-refractivity contribution in [3.05, 3.63) is 58.3 Å². The molecule has 0 bridgehead atoms. The molecule has 0 aliphatic heterocycles. The van der Waals surface area contributed by atoms with Crippen LogP contribution in [-0.4, -0.2) is 30.9 Å². The Morgan fingerprint density at radius 3 is 2.36 bits per heavy atom. The van der Waals surface area contributed by atoms with Gasteiger partial charge in [-0.15, -0.1) is 0 Å². The third-order valence-corrected chi connectivity index (χ3v) is 3.32. The van der Waals surface area contributed by atoms with E-state index in [1.54, 1.807) is 30.5 Å². The van der Waals surface area contributed by atoms with Crippen molar-refractivity contribution in [1.29, 1.82) is 0 Å². The van der Waals surface area contributed by atoms with Crippen molar-refractivity contribution >= 4 is 33.4 Å². The second-order valence-corrected chi connectivity index (χ2v) is 5.66. The Kier molecular flexibility index (Phi) is 5.11. The largest absolute Gasteiger partial charge is 0.378 e. The Hall–Kier alpha value is -2.41. The molecule has 0 aliphatic rings. The molecule has 0 atom stereocenters. The summed E-state index contributed by atoms with van der Waals surface area (Å²) in [4.78, 5) is 29.8. The number of pyridine rings is 1. The van der Waals surface area contributed by atoms with Crippen LogP contribution in [0.2, 0.25) is 0 Å². The molecular weight excluding hydrogens is 348 g/mol.